The highest BCUT2D eigenvalue weighted by molar-refractivity contribution is 7.89. The van der Waals surface area contributed by atoms with Gasteiger partial charge in [0.05, 0.1) is 23.3 Å². The number of hydrogen-bond acceptors (Lipinski definition) is 7. The zero-order valence-corrected chi connectivity index (χ0v) is 19.9. The maximum Gasteiger partial charge on any atom is 0.338 e. The Morgan fingerprint density at radius 3 is 2.52 bits per heavy atom. The van der Waals surface area contributed by atoms with Crippen molar-refractivity contribution in [2.45, 2.75) is 43.8 Å². The first-order valence-electron chi connectivity index (χ1n) is 10.6. The molecule has 0 aromatic heterocycles. The first-order valence-corrected chi connectivity index (χ1v) is 12.5. The summed E-state index contributed by atoms with van der Waals surface area (Å²) in [4.78, 5) is 25.0. The maximum atomic E-state index is 12.7. The predicted molar refractivity (Wildman–Crippen MR) is 122 cm³/mol. The molecule has 0 amide bonds. The van der Waals surface area contributed by atoms with Gasteiger partial charge < -0.3 is 14.2 Å². The molecule has 1 fully saturated rings. The number of hydrogen-bond donors (Lipinski definition) is 1. The molecule has 2 aromatic carbocycles. The van der Waals surface area contributed by atoms with Crippen molar-refractivity contribution in [3.8, 4) is 5.75 Å². The summed E-state index contributed by atoms with van der Waals surface area (Å²) in [6.45, 7) is 4.52. The number of nitrogens with one attached hydrogen (secondary N) is 1. The number of ether oxygens (including phenoxy) is 3. The van der Waals surface area contributed by atoms with Gasteiger partial charge >= 0.3 is 5.97 Å². The maximum absolute atomic E-state index is 12.7. The number of sulfonamides is 1. The topological polar surface area (TPSA) is 108 Å². The number of esters is 1. The summed E-state index contributed by atoms with van der Waals surface area (Å²) in [5.41, 5.74) is 0.319. The molecule has 0 saturated carbocycles. The average molecular weight is 496 g/mol. The van der Waals surface area contributed by atoms with Crippen molar-refractivity contribution < 1.29 is 32.2 Å². The first kappa shape index (κ1) is 25.2. The third kappa shape index (κ3) is 6.54. The molecular weight excluding hydrogens is 470 g/mol. The highest BCUT2D eigenvalue weighted by Crippen LogP contribution is 2.24. The van der Waals surface area contributed by atoms with E-state index in [9.17, 15) is 18.0 Å². The highest BCUT2D eigenvalue weighted by Gasteiger charge is 2.25. The molecule has 0 aliphatic carbocycles. The Morgan fingerprint density at radius 1 is 1.18 bits per heavy atom. The van der Waals surface area contributed by atoms with Crippen molar-refractivity contribution >= 4 is 33.4 Å². The summed E-state index contributed by atoms with van der Waals surface area (Å²) in [6, 6.07) is 10.3. The van der Waals surface area contributed by atoms with Gasteiger partial charge in [-0.25, -0.2) is 17.9 Å². The van der Waals surface area contributed by atoms with Crippen LogP contribution < -0.4 is 9.46 Å². The lowest BCUT2D eigenvalue weighted by atomic mass is 10.1. The van der Waals surface area contributed by atoms with Crippen LogP contribution in [-0.4, -0.2) is 52.1 Å². The van der Waals surface area contributed by atoms with Crippen molar-refractivity contribution in [1.82, 2.24) is 4.72 Å². The number of rotatable bonds is 10. The van der Waals surface area contributed by atoms with E-state index in [1.807, 2.05) is 6.92 Å². The molecule has 0 bridgehead atoms. The van der Waals surface area contributed by atoms with Crippen molar-refractivity contribution in [1.29, 1.82) is 0 Å². The number of carbonyl (C=O) groups excluding carboxylic acids is 2. The molecule has 1 heterocycles. The molecule has 0 radical (unpaired) electrons. The summed E-state index contributed by atoms with van der Waals surface area (Å²) in [5, 5.41) is -0.0371. The standard InChI is InChI=1S/C23H26ClNO7S/c1-3-30-18-9-6-16(7-10-18)22(26)15(2)32-23(27)17-8-11-20(24)21(13-17)33(28,29)25-14-19-5-4-12-31-19/h6-11,13,15,19,25H,3-5,12,14H2,1-2H3. The summed E-state index contributed by atoms with van der Waals surface area (Å²) in [5.74, 6) is -0.609. The largest absolute Gasteiger partial charge is 0.494 e. The van der Waals surface area contributed by atoms with Gasteiger partial charge in [-0.2, -0.15) is 0 Å². The van der Waals surface area contributed by atoms with Gasteiger partial charge in [-0.3, -0.25) is 4.79 Å². The van der Waals surface area contributed by atoms with E-state index in [2.05, 4.69) is 4.72 Å². The summed E-state index contributed by atoms with van der Waals surface area (Å²) < 4.78 is 43.9. The minimum Gasteiger partial charge on any atom is -0.494 e. The lowest BCUT2D eigenvalue weighted by Crippen LogP contribution is -2.32. The van der Waals surface area contributed by atoms with Gasteiger partial charge in [-0.15, -0.1) is 0 Å². The molecule has 8 nitrogen and oxygen atoms in total. The Bertz CT molecular complexity index is 1100. The Kier molecular flexibility index (Phi) is 8.47. The third-order valence-electron chi connectivity index (χ3n) is 5.08. The van der Waals surface area contributed by atoms with E-state index in [1.165, 1.54) is 19.1 Å². The van der Waals surface area contributed by atoms with Crippen LogP contribution in [-0.2, 0) is 19.5 Å². The van der Waals surface area contributed by atoms with E-state index in [1.54, 1.807) is 24.3 Å². The third-order valence-corrected chi connectivity index (χ3v) is 6.99. The Balaban J connectivity index is 1.68. The number of ketones is 1. The molecule has 10 heteroatoms. The van der Waals surface area contributed by atoms with Crippen molar-refractivity contribution in [3.63, 3.8) is 0 Å². The fourth-order valence-corrected chi connectivity index (χ4v) is 4.91. The van der Waals surface area contributed by atoms with Crippen LogP contribution in [0.25, 0.3) is 0 Å². The second kappa shape index (κ2) is 11.1. The van der Waals surface area contributed by atoms with Crippen molar-refractivity contribution in [2.24, 2.45) is 0 Å². The van der Waals surface area contributed by atoms with Crippen molar-refractivity contribution in [3.05, 3.63) is 58.6 Å². The summed E-state index contributed by atoms with van der Waals surface area (Å²) in [7, 11) is -3.98. The molecule has 2 atom stereocenters. The van der Waals surface area contributed by atoms with Crippen LogP contribution >= 0.6 is 11.6 Å². The van der Waals surface area contributed by atoms with Gasteiger partial charge in [0.15, 0.2) is 6.10 Å². The van der Waals surface area contributed by atoms with Gasteiger partial charge in [0.25, 0.3) is 0 Å². The lowest BCUT2D eigenvalue weighted by molar-refractivity contribution is 0.0318. The van der Waals surface area contributed by atoms with E-state index in [0.717, 1.165) is 18.9 Å². The molecule has 3 rings (SSSR count). The molecule has 1 aliphatic rings. The van der Waals surface area contributed by atoms with Crippen LogP contribution in [0.3, 0.4) is 0 Å². The molecular formula is C23H26ClNO7S. The Labute approximate surface area is 198 Å². The summed E-state index contributed by atoms with van der Waals surface area (Å²) in [6.07, 6.45) is 0.371. The fraction of sp³-hybridized carbons (Fsp3) is 0.391. The zero-order chi connectivity index (χ0) is 24.0. The Morgan fingerprint density at radius 2 is 1.88 bits per heavy atom. The summed E-state index contributed by atoms with van der Waals surface area (Å²) >= 11 is 6.09. The molecule has 2 unspecified atom stereocenters. The Hall–Kier alpha value is -2.46. The van der Waals surface area contributed by atoms with E-state index >= 15 is 0 Å². The van der Waals surface area contributed by atoms with Gasteiger partial charge in [-0.1, -0.05) is 11.6 Å². The monoisotopic (exact) mass is 495 g/mol. The number of Topliss-reactive ketones (excluding diaryl/α,β-unsaturated/α-hetero) is 1. The van der Waals surface area contributed by atoms with Crippen LogP contribution in [0.15, 0.2) is 47.4 Å². The van der Waals surface area contributed by atoms with E-state index in [0.29, 0.717) is 24.5 Å². The van der Waals surface area contributed by atoms with Crippen LogP contribution in [0.2, 0.25) is 5.02 Å². The second-order valence-corrected chi connectivity index (χ2v) is 9.64. The molecule has 1 N–H and O–H groups in total. The van der Waals surface area contributed by atoms with Crippen LogP contribution in [0.4, 0.5) is 0 Å². The van der Waals surface area contributed by atoms with Gasteiger partial charge in [-0.05, 0) is 69.2 Å². The molecule has 178 valence electrons. The molecule has 1 saturated heterocycles. The minimum absolute atomic E-state index is 0.0371. The number of carbonyl (C=O) groups is 2. The number of halogens is 1. The quantitative estimate of drug-likeness (QED) is 0.396. The molecule has 2 aromatic rings. The predicted octanol–water partition coefficient (Wildman–Crippen LogP) is 3.62. The molecule has 1 aliphatic heterocycles. The second-order valence-electron chi connectivity index (χ2n) is 7.50. The lowest BCUT2D eigenvalue weighted by Gasteiger charge is -2.15. The van der Waals surface area contributed by atoms with Gasteiger partial charge in [0, 0.05) is 18.7 Å². The zero-order valence-electron chi connectivity index (χ0n) is 18.4. The molecule has 0 spiro atoms. The SMILES string of the molecule is CCOc1ccc(C(=O)C(C)OC(=O)c2ccc(Cl)c(S(=O)(=O)NCC3CCCO3)c2)cc1. The number of benzene rings is 2. The van der Waals surface area contributed by atoms with E-state index in [-0.39, 0.29) is 28.1 Å². The van der Waals surface area contributed by atoms with Crippen molar-refractivity contribution in [2.75, 3.05) is 19.8 Å². The normalized spacial score (nSPS) is 16.9. The fourth-order valence-electron chi connectivity index (χ4n) is 3.32. The highest BCUT2D eigenvalue weighted by atomic mass is 35.5. The van der Waals surface area contributed by atoms with Crippen LogP contribution in [0, 0.1) is 0 Å². The van der Waals surface area contributed by atoms with Crippen LogP contribution in [0.5, 0.6) is 5.75 Å². The van der Waals surface area contributed by atoms with Gasteiger partial charge in [0.1, 0.15) is 10.6 Å². The van der Waals surface area contributed by atoms with Crippen LogP contribution in [0.1, 0.15) is 47.4 Å². The first-order chi connectivity index (χ1) is 15.7. The molecule has 33 heavy (non-hydrogen) atoms. The van der Waals surface area contributed by atoms with Gasteiger partial charge in [0.2, 0.25) is 15.8 Å². The smallest absolute Gasteiger partial charge is 0.338 e. The van der Waals surface area contributed by atoms with E-state index < -0.39 is 27.9 Å². The van der Waals surface area contributed by atoms with E-state index in [4.69, 9.17) is 25.8 Å². The minimum atomic E-state index is -3.98. The average Bonchev–Trinajstić information content (AvgIpc) is 3.32.